The monoisotopic (exact) mass is 475 g/mol. The summed E-state index contributed by atoms with van der Waals surface area (Å²) in [4.78, 5) is 10.3. The van der Waals surface area contributed by atoms with E-state index in [1.165, 1.54) is 0 Å². The molecule has 0 saturated carbocycles. The molecule has 0 aliphatic carbocycles. The summed E-state index contributed by atoms with van der Waals surface area (Å²) >= 11 is 0. The Morgan fingerprint density at radius 2 is 1.46 bits per heavy atom. The summed E-state index contributed by atoms with van der Waals surface area (Å²) < 4.78 is 34.7. The van der Waals surface area contributed by atoms with Gasteiger partial charge in [0.1, 0.15) is 11.0 Å². The smallest absolute Gasteiger partial charge is 0.307 e. The van der Waals surface area contributed by atoms with Crippen molar-refractivity contribution >= 4 is 48.7 Å². The number of pyridine rings is 1. The van der Waals surface area contributed by atoms with Gasteiger partial charge in [0.15, 0.2) is 5.58 Å². The molecule has 3 heterocycles. The summed E-state index contributed by atoms with van der Waals surface area (Å²) in [7, 11) is -3.69. The first-order valence-corrected chi connectivity index (χ1v) is 12.6. The molecule has 168 valence electrons. The molecule has 0 amide bonds. The quantitative estimate of drug-likeness (QED) is 0.300. The Labute approximate surface area is 200 Å². The number of nitrogens with zero attached hydrogens (tertiary/aromatic N) is 3. The van der Waals surface area contributed by atoms with Gasteiger partial charge in [-0.3, -0.25) is 4.40 Å². The molecule has 7 rings (SSSR count). The van der Waals surface area contributed by atoms with Crippen molar-refractivity contribution in [3.8, 4) is 11.3 Å². The molecule has 0 bridgehead atoms. The number of imidazole rings is 1. The zero-order chi connectivity index (χ0) is 23.6. The highest BCUT2D eigenvalue weighted by Gasteiger charge is 2.22. The topological polar surface area (TPSA) is 77.5 Å². The van der Waals surface area contributed by atoms with Crippen molar-refractivity contribution in [1.82, 2.24) is 14.4 Å². The summed E-state index contributed by atoms with van der Waals surface area (Å²) in [5.41, 5.74) is 5.22. The van der Waals surface area contributed by atoms with E-state index in [4.69, 9.17) is 14.4 Å². The van der Waals surface area contributed by atoms with Crippen molar-refractivity contribution < 1.29 is 12.8 Å². The van der Waals surface area contributed by atoms with E-state index >= 15 is 0 Å². The Bertz CT molecular complexity index is 2020. The number of benzene rings is 4. The summed E-state index contributed by atoms with van der Waals surface area (Å²) in [6.45, 7) is 0. The molecule has 0 aliphatic heterocycles. The number of hydrogen-bond acceptors (Lipinski definition) is 5. The molecule has 0 fully saturated rings. The maximum Gasteiger partial charge on any atom is 0.307 e. The Morgan fingerprint density at radius 1 is 0.714 bits per heavy atom. The van der Waals surface area contributed by atoms with E-state index in [-0.39, 0.29) is 9.79 Å². The first-order chi connectivity index (χ1) is 17.1. The lowest BCUT2D eigenvalue weighted by Gasteiger charge is -2.10. The highest BCUT2D eigenvalue weighted by molar-refractivity contribution is 7.91. The first kappa shape index (κ1) is 19.9. The van der Waals surface area contributed by atoms with Crippen LogP contribution in [0.5, 0.6) is 0 Å². The van der Waals surface area contributed by atoms with Crippen molar-refractivity contribution in [3.05, 3.63) is 103 Å². The molecule has 0 unspecified atom stereocenters. The van der Waals surface area contributed by atoms with Gasteiger partial charge in [-0.15, -0.1) is 0 Å². The molecule has 7 heteroatoms. The van der Waals surface area contributed by atoms with Crippen LogP contribution in [0.25, 0.3) is 50.1 Å². The number of hydrogen-bond donors (Lipinski definition) is 0. The second kappa shape index (κ2) is 7.25. The van der Waals surface area contributed by atoms with Gasteiger partial charge >= 0.3 is 5.84 Å². The predicted octanol–water partition coefficient (Wildman–Crippen LogP) is 6.28. The highest BCUT2D eigenvalue weighted by atomic mass is 32.2. The summed E-state index contributed by atoms with van der Waals surface area (Å²) in [5.74, 6) is 0.466. The van der Waals surface area contributed by atoms with Crippen LogP contribution in [0, 0.1) is 0 Å². The van der Waals surface area contributed by atoms with Gasteiger partial charge in [-0.05, 0) is 42.5 Å². The summed E-state index contributed by atoms with van der Waals surface area (Å²) in [6.07, 6.45) is 0. The van der Waals surface area contributed by atoms with Crippen LogP contribution in [0.3, 0.4) is 0 Å². The van der Waals surface area contributed by atoms with Crippen LogP contribution in [0.4, 0.5) is 0 Å². The third-order valence-electron chi connectivity index (χ3n) is 6.24. The van der Waals surface area contributed by atoms with Gasteiger partial charge in [0.05, 0.1) is 26.5 Å². The standard InChI is InChI=1S/C28H17N3O3S/c32-35(33,19-10-2-1-3-11-19)20-12-8-9-18(17-20)25-27-26(21-13-4-5-14-22(21)29-25)30-28-31(27)23-15-6-7-16-24(23)34-28/h1-17H. The zero-order valence-electron chi connectivity index (χ0n) is 18.3. The van der Waals surface area contributed by atoms with E-state index in [9.17, 15) is 8.42 Å². The maximum absolute atomic E-state index is 13.3. The van der Waals surface area contributed by atoms with E-state index in [1.54, 1.807) is 48.5 Å². The van der Waals surface area contributed by atoms with Crippen molar-refractivity contribution in [1.29, 1.82) is 0 Å². The normalized spacial score (nSPS) is 12.2. The van der Waals surface area contributed by atoms with Crippen LogP contribution in [-0.4, -0.2) is 22.8 Å². The van der Waals surface area contributed by atoms with Crippen LogP contribution < -0.4 is 0 Å². The lowest BCUT2D eigenvalue weighted by atomic mass is 10.1. The van der Waals surface area contributed by atoms with Crippen LogP contribution >= 0.6 is 0 Å². The molecule has 0 spiro atoms. The molecule has 7 aromatic rings. The van der Waals surface area contributed by atoms with Gasteiger partial charge in [0.2, 0.25) is 9.84 Å². The van der Waals surface area contributed by atoms with E-state index in [1.807, 2.05) is 59.0 Å². The number of fused-ring (bicyclic) bond motifs is 7. The maximum atomic E-state index is 13.3. The number of oxazole rings is 1. The average Bonchev–Trinajstić information content (AvgIpc) is 3.45. The van der Waals surface area contributed by atoms with Crippen LogP contribution in [-0.2, 0) is 9.84 Å². The minimum absolute atomic E-state index is 0.210. The van der Waals surface area contributed by atoms with E-state index in [0.717, 1.165) is 33.0 Å². The fourth-order valence-electron chi connectivity index (χ4n) is 4.62. The van der Waals surface area contributed by atoms with Crippen LogP contribution in [0.2, 0.25) is 0 Å². The predicted molar refractivity (Wildman–Crippen MR) is 135 cm³/mol. The first-order valence-electron chi connectivity index (χ1n) is 11.1. The molecule has 6 nitrogen and oxygen atoms in total. The second-order valence-electron chi connectivity index (χ2n) is 8.32. The van der Waals surface area contributed by atoms with Gasteiger partial charge < -0.3 is 4.42 Å². The lowest BCUT2D eigenvalue weighted by Crippen LogP contribution is -2.02. The molecule has 3 aromatic heterocycles. The fourth-order valence-corrected chi connectivity index (χ4v) is 5.94. The Kier molecular flexibility index (Phi) is 4.13. The largest absolute Gasteiger partial charge is 0.423 e. The van der Waals surface area contributed by atoms with Gasteiger partial charge in [-0.1, -0.05) is 60.7 Å². The van der Waals surface area contributed by atoms with Crippen molar-refractivity contribution in [2.75, 3.05) is 0 Å². The minimum atomic E-state index is -3.69. The molecule has 4 aromatic carbocycles. The molecule has 0 aliphatic rings. The molecule has 0 N–H and O–H groups in total. The molecule has 0 atom stereocenters. The SMILES string of the molecule is O=S(=O)(c1ccccc1)c1cccc(-c2nc3ccccc3c3nc4oc5ccccc5n4c23)c1. The summed E-state index contributed by atoms with van der Waals surface area (Å²) in [5, 5.41) is 0.905. The Balaban J connectivity index is 1.57. The summed E-state index contributed by atoms with van der Waals surface area (Å²) in [6, 6.07) is 30.9. The third kappa shape index (κ3) is 2.92. The van der Waals surface area contributed by atoms with Crippen molar-refractivity contribution in [3.63, 3.8) is 0 Å². The Morgan fingerprint density at radius 3 is 2.34 bits per heavy atom. The van der Waals surface area contributed by atoms with Gasteiger partial charge in [0, 0.05) is 10.9 Å². The lowest BCUT2D eigenvalue weighted by molar-refractivity contribution is 0.596. The molecular formula is C28H17N3O3S. The molecule has 35 heavy (non-hydrogen) atoms. The highest BCUT2D eigenvalue weighted by Crippen LogP contribution is 2.36. The van der Waals surface area contributed by atoms with E-state index in [0.29, 0.717) is 17.1 Å². The number of para-hydroxylation sites is 3. The second-order valence-corrected chi connectivity index (χ2v) is 10.3. The fraction of sp³-hybridized carbons (Fsp3) is 0. The number of sulfone groups is 1. The number of rotatable bonds is 3. The third-order valence-corrected chi connectivity index (χ3v) is 8.01. The van der Waals surface area contributed by atoms with Gasteiger partial charge in [-0.25, -0.2) is 13.4 Å². The number of aromatic nitrogens is 3. The van der Waals surface area contributed by atoms with Crippen molar-refractivity contribution in [2.24, 2.45) is 0 Å². The zero-order valence-corrected chi connectivity index (χ0v) is 19.1. The van der Waals surface area contributed by atoms with Gasteiger partial charge in [0.25, 0.3) is 0 Å². The average molecular weight is 476 g/mol. The molecule has 0 saturated heterocycles. The van der Waals surface area contributed by atoms with E-state index in [2.05, 4.69) is 0 Å². The Hall–Kier alpha value is -4.49. The van der Waals surface area contributed by atoms with Crippen molar-refractivity contribution in [2.45, 2.75) is 9.79 Å². The minimum Gasteiger partial charge on any atom is -0.423 e. The van der Waals surface area contributed by atoms with Crippen LogP contribution in [0.1, 0.15) is 0 Å². The molecule has 0 radical (unpaired) electrons. The van der Waals surface area contributed by atoms with Gasteiger partial charge in [-0.2, -0.15) is 4.98 Å². The van der Waals surface area contributed by atoms with Crippen LogP contribution in [0.15, 0.2) is 117 Å². The van der Waals surface area contributed by atoms with E-state index < -0.39 is 9.84 Å². The molecular weight excluding hydrogens is 458 g/mol.